The number of rotatable bonds is 3. The molecule has 0 radical (unpaired) electrons. The van der Waals surface area contributed by atoms with Gasteiger partial charge in [0.1, 0.15) is 0 Å². The molecular weight excluding hydrogens is 210 g/mol. The molecule has 3 nitrogen and oxygen atoms in total. The van der Waals surface area contributed by atoms with Crippen molar-refractivity contribution in [3.63, 3.8) is 0 Å². The third kappa shape index (κ3) is 2.79. The number of hydrogen-bond donors (Lipinski definition) is 1. The Labute approximate surface area is 104 Å². The van der Waals surface area contributed by atoms with E-state index in [9.17, 15) is 0 Å². The lowest BCUT2D eigenvalue weighted by atomic mass is 10.0. The fraction of sp³-hybridized carbons (Fsp3) is 0.571. The molecule has 1 atom stereocenters. The Morgan fingerprint density at radius 3 is 2.47 bits per heavy atom. The summed E-state index contributed by atoms with van der Waals surface area (Å²) >= 11 is 0. The molecular formula is C14H23N3. The van der Waals surface area contributed by atoms with Gasteiger partial charge in [0, 0.05) is 37.9 Å². The molecule has 0 amide bonds. The van der Waals surface area contributed by atoms with Crippen LogP contribution in [0.1, 0.15) is 24.9 Å². The zero-order valence-corrected chi connectivity index (χ0v) is 10.9. The molecule has 0 saturated carbocycles. The van der Waals surface area contributed by atoms with E-state index in [-0.39, 0.29) is 6.04 Å². The number of likely N-dealkylation sites (N-methyl/N-ethyl adjacent to an activating group) is 1. The van der Waals surface area contributed by atoms with Crippen molar-refractivity contribution in [2.24, 2.45) is 5.73 Å². The lowest BCUT2D eigenvalue weighted by Gasteiger charge is -2.35. The van der Waals surface area contributed by atoms with E-state index in [0.717, 1.165) is 32.6 Å². The molecule has 0 aliphatic carbocycles. The molecule has 1 fully saturated rings. The molecule has 1 aliphatic rings. The number of nitrogens with two attached hydrogens (primary N) is 1. The van der Waals surface area contributed by atoms with Crippen LogP contribution in [0, 0.1) is 0 Å². The van der Waals surface area contributed by atoms with Crippen molar-refractivity contribution in [3.8, 4) is 0 Å². The van der Waals surface area contributed by atoms with Crippen molar-refractivity contribution < 1.29 is 0 Å². The molecule has 2 rings (SSSR count). The van der Waals surface area contributed by atoms with Gasteiger partial charge in [0.2, 0.25) is 0 Å². The number of piperazine rings is 1. The largest absolute Gasteiger partial charge is 0.369 e. The van der Waals surface area contributed by atoms with Crippen LogP contribution >= 0.6 is 0 Å². The van der Waals surface area contributed by atoms with Gasteiger partial charge in [0.25, 0.3) is 0 Å². The predicted octanol–water partition coefficient (Wildman–Crippen LogP) is 1.85. The van der Waals surface area contributed by atoms with Crippen molar-refractivity contribution >= 4 is 5.69 Å². The lowest BCUT2D eigenvalue weighted by Crippen LogP contribution is -2.45. The van der Waals surface area contributed by atoms with E-state index in [1.807, 2.05) is 0 Å². The van der Waals surface area contributed by atoms with Crippen molar-refractivity contribution in [1.82, 2.24) is 4.90 Å². The van der Waals surface area contributed by atoms with Gasteiger partial charge >= 0.3 is 0 Å². The van der Waals surface area contributed by atoms with E-state index in [1.165, 1.54) is 11.3 Å². The molecule has 1 aromatic rings. The highest BCUT2D eigenvalue weighted by Gasteiger charge is 2.18. The van der Waals surface area contributed by atoms with E-state index in [0.29, 0.717) is 0 Å². The zero-order chi connectivity index (χ0) is 12.3. The molecule has 1 aliphatic heterocycles. The van der Waals surface area contributed by atoms with Crippen LogP contribution in [0.3, 0.4) is 0 Å². The maximum absolute atomic E-state index is 6.19. The van der Waals surface area contributed by atoms with Crippen molar-refractivity contribution in [3.05, 3.63) is 29.8 Å². The maximum Gasteiger partial charge on any atom is 0.0415 e. The second-order valence-corrected chi connectivity index (χ2v) is 4.86. The third-order valence-electron chi connectivity index (χ3n) is 3.62. The maximum atomic E-state index is 6.19. The summed E-state index contributed by atoms with van der Waals surface area (Å²) in [5, 5.41) is 0. The van der Waals surface area contributed by atoms with E-state index >= 15 is 0 Å². The Morgan fingerprint density at radius 1 is 1.18 bits per heavy atom. The Balaban J connectivity index is 2.19. The second-order valence-electron chi connectivity index (χ2n) is 4.86. The zero-order valence-electron chi connectivity index (χ0n) is 10.9. The number of anilines is 1. The summed E-state index contributed by atoms with van der Waals surface area (Å²) in [4.78, 5) is 4.84. The minimum Gasteiger partial charge on any atom is -0.369 e. The standard InChI is InChI=1S/C14H23N3/c1-3-13(15)12-6-4-5-7-14(12)17-10-8-16(2)9-11-17/h4-7,13H,3,8-11,15H2,1-2H3. The van der Waals surface area contributed by atoms with E-state index in [1.54, 1.807) is 0 Å². The van der Waals surface area contributed by atoms with Crippen LogP contribution in [0.25, 0.3) is 0 Å². The van der Waals surface area contributed by atoms with E-state index in [4.69, 9.17) is 5.73 Å². The Bertz CT molecular complexity index is 356. The topological polar surface area (TPSA) is 32.5 Å². The molecule has 1 heterocycles. The number of benzene rings is 1. The van der Waals surface area contributed by atoms with Gasteiger partial charge in [0.15, 0.2) is 0 Å². The van der Waals surface area contributed by atoms with Crippen LogP contribution in [-0.2, 0) is 0 Å². The highest BCUT2D eigenvalue weighted by atomic mass is 15.2. The monoisotopic (exact) mass is 233 g/mol. The summed E-state index contributed by atoms with van der Waals surface area (Å²) in [5.74, 6) is 0. The second kappa shape index (κ2) is 5.52. The van der Waals surface area contributed by atoms with E-state index < -0.39 is 0 Å². The molecule has 17 heavy (non-hydrogen) atoms. The first kappa shape index (κ1) is 12.4. The van der Waals surface area contributed by atoms with Crippen molar-refractivity contribution in [2.45, 2.75) is 19.4 Å². The van der Waals surface area contributed by atoms with Crippen LogP contribution in [0.4, 0.5) is 5.69 Å². The van der Waals surface area contributed by atoms with Crippen molar-refractivity contribution in [1.29, 1.82) is 0 Å². The normalized spacial score (nSPS) is 19.4. The fourth-order valence-electron chi connectivity index (χ4n) is 2.36. The van der Waals surface area contributed by atoms with Crippen LogP contribution in [-0.4, -0.2) is 38.1 Å². The summed E-state index contributed by atoms with van der Waals surface area (Å²) < 4.78 is 0. The quantitative estimate of drug-likeness (QED) is 0.865. The number of para-hydroxylation sites is 1. The summed E-state index contributed by atoms with van der Waals surface area (Å²) in [7, 11) is 2.18. The van der Waals surface area contributed by atoms with Gasteiger partial charge in [-0.3, -0.25) is 0 Å². The molecule has 1 aromatic carbocycles. The number of nitrogens with zero attached hydrogens (tertiary/aromatic N) is 2. The van der Waals surface area contributed by atoms with Gasteiger partial charge in [-0.15, -0.1) is 0 Å². The Kier molecular flexibility index (Phi) is 4.02. The molecule has 0 bridgehead atoms. The summed E-state index contributed by atoms with van der Waals surface area (Å²) in [5.41, 5.74) is 8.81. The first-order valence-electron chi connectivity index (χ1n) is 6.50. The van der Waals surface area contributed by atoms with Gasteiger partial charge in [-0.1, -0.05) is 25.1 Å². The van der Waals surface area contributed by atoms with Crippen LogP contribution < -0.4 is 10.6 Å². The minimum absolute atomic E-state index is 0.158. The molecule has 1 saturated heterocycles. The smallest absolute Gasteiger partial charge is 0.0415 e. The van der Waals surface area contributed by atoms with E-state index in [2.05, 4.69) is 48.0 Å². The summed E-state index contributed by atoms with van der Waals surface area (Å²) in [6.07, 6.45) is 0.991. The fourth-order valence-corrected chi connectivity index (χ4v) is 2.36. The highest BCUT2D eigenvalue weighted by molar-refractivity contribution is 5.55. The first-order chi connectivity index (χ1) is 8.22. The minimum atomic E-state index is 0.158. The highest BCUT2D eigenvalue weighted by Crippen LogP contribution is 2.27. The molecule has 0 spiro atoms. The summed E-state index contributed by atoms with van der Waals surface area (Å²) in [6.45, 7) is 6.62. The first-order valence-corrected chi connectivity index (χ1v) is 6.50. The van der Waals surface area contributed by atoms with Crippen molar-refractivity contribution in [2.75, 3.05) is 38.1 Å². The van der Waals surface area contributed by atoms with Gasteiger partial charge in [0.05, 0.1) is 0 Å². The molecule has 3 heteroatoms. The Morgan fingerprint density at radius 2 is 1.82 bits per heavy atom. The van der Waals surface area contributed by atoms with Crippen LogP contribution in [0.15, 0.2) is 24.3 Å². The van der Waals surface area contributed by atoms with Gasteiger partial charge in [-0.05, 0) is 25.1 Å². The van der Waals surface area contributed by atoms with Gasteiger partial charge in [-0.25, -0.2) is 0 Å². The predicted molar refractivity (Wildman–Crippen MR) is 73.4 cm³/mol. The molecule has 0 aromatic heterocycles. The Hall–Kier alpha value is -1.06. The lowest BCUT2D eigenvalue weighted by molar-refractivity contribution is 0.312. The van der Waals surface area contributed by atoms with Crippen LogP contribution in [0.2, 0.25) is 0 Å². The SMILES string of the molecule is CCC(N)c1ccccc1N1CCN(C)CC1. The van der Waals surface area contributed by atoms with Gasteiger partial charge < -0.3 is 15.5 Å². The number of hydrogen-bond acceptors (Lipinski definition) is 3. The van der Waals surface area contributed by atoms with Crippen LogP contribution in [0.5, 0.6) is 0 Å². The molecule has 94 valence electrons. The molecule has 1 unspecified atom stereocenters. The average Bonchev–Trinajstić information content (AvgIpc) is 2.39. The third-order valence-corrected chi connectivity index (χ3v) is 3.62. The summed E-state index contributed by atoms with van der Waals surface area (Å²) in [6, 6.07) is 8.73. The molecule has 2 N–H and O–H groups in total. The van der Waals surface area contributed by atoms with Gasteiger partial charge in [-0.2, -0.15) is 0 Å². The average molecular weight is 233 g/mol.